The normalized spacial score (nSPS) is 10.7. The molecular weight excluding hydrogens is 384 g/mol. The topological polar surface area (TPSA) is 0 Å². The highest BCUT2D eigenvalue weighted by molar-refractivity contribution is 8.03. The van der Waals surface area contributed by atoms with Gasteiger partial charge < -0.3 is 0 Å². The standard InChI is InChI=1S/C24H18S3/c1-3-11-19(12-4-1)25-21-15-7-9-17-23(21)27-24-18-10-8-16-22(24)26-20-13-5-2-6-14-20/h1-18H. The van der Waals surface area contributed by atoms with E-state index in [0.717, 1.165) is 0 Å². The zero-order valence-corrected chi connectivity index (χ0v) is 17.1. The molecule has 0 saturated heterocycles. The molecule has 0 saturated carbocycles. The van der Waals surface area contributed by atoms with Gasteiger partial charge in [0.25, 0.3) is 0 Å². The molecule has 0 unspecified atom stereocenters. The Labute approximate surface area is 173 Å². The lowest BCUT2D eigenvalue weighted by atomic mass is 10.4. The lowest BCUT2D eigenvalue weighted by Crippen LogP contribution is -1.82. The van der Waals surface area contributed by atoms with Crippen LogP contribution in [0.3, 0.4) is 0 Å². The van der Waals surface area contributed by atoms with Crippen LogP contribution in [0.1, 0.15) is 0 Å². The Kier molecular flexibility index (Phi) is 6.25. The van der Waals surface area contributed by atoms with Crippen molar-refractivity contribution in [3.8, 4) is 0 Å². The minimum atomic E-state index is 1.26. The van der Waals surface area contributed by atoms with Crippen LogP contribution < -0.4 is 0 Å². The first-order valence-electron chi connectivity index (χ1n) is 8.70. The van der Waals surface area contributed by atoms with Gasteiger partial charge in [-0.05, 0) is 48.5 Å². The fraction of sp³-hybridized carbons (Fsp3) is 0. The molecule has 0 heterocycles. The average Bonchev–Trinajstić information content (AvgIpc) is 2.72. The number of hydrogen-bond donors (Lipinski definition) is 0. The highest BCUT2D eigenvalue weighted by Crippen LogP contribution is 2.42. The average molecular weight is 403 g/mol. The van der Waals surface area contributed by atoms with Crippen LogP contribution in [0.4, 0.5) is 0 Å². The maximum Gasteiger partial charge on any atom is 0.0262 e. The largest absolute Gasteiger partial charge is 0.0889 e. The van der Waals surface area contributed by atoms with Gasteiger partial charge in [-0.2, -0.15) is 0 Å². The molecule has 0 atom stereocenters. The summed E-state index contributed by atoms with van der Waals surface area (Å²) in [6.45, 7) is 0. The van der Waals surface area contributed by atoms with E-state index in [4.69, 9.17) is 0 Å². The summed E-state index contributed by atoms with van der Waals surface area (Å²) in [4.78, 5) is 7.66. The predicted octanol–water partition coefficient (Wildman–Crippen LogP) is 8.14. The molecule has 0 nitrogen and oxygen atoms in total. The Hall–Kier alpha value is -2.07. The summed E-state index contributed by atoms with van der Waals surface area (Å²) in [7, 11) is 0. The lowest BCUT2D eigenvalue weighted by Gasteiger charge is -2.12. The predicted molar refractivity (Wildman–Crippen MR) is 118 cm³/mol. The summed E-state index contributed by atoms with van der Waals surface area (Å²) in [5.74, 6) is 0. The van der Waals surface area contributed by atoms with Crippen LogP contribution >= 0.6 is 35.3 Å². The molecule has 0 amide bonds. The van der Waals surface area contributed by atoms with Crippen LogP contribution in [0, 0.1) is 0 Å². The van der Waals surface area contributed by atoms with E-state index in [1.165, 1.54) is 29.4 Å². The second-order valence-electron chi connectivity index (χ2n) is 5.83. The Morgan fingerprint density at radius 3 is 0.963 bits per heavy atom. The maximum absolute atomic E-state index is 2.21. The molecule has 4 rings (SSSR count). The van der Waals surface area contributed by atoms with Crippen LogP contribution in [0.15, 0.2) is 139 Å². The van der Waals surface area contributed by atoms with E-state index >= 15 is 0 Å². The van der Waals surface area contributed by atoms with Crippen LogP contribution in [0.25, 0.3) is 0 Å². The third kappa shape index (κ3) is 5.01. The van der Waals surface area contributed by atoms with Gasteiger partial charge in [-0.25, -0.2) is 0 Å². The molecule has 0 aliphatic carbocycles. The molecule has 0 aromatic heterocycles. The van der Waals surface area contributed by atoms with Gasteiger partial charge in [0.2, 0.25) is 0 Å². The first kappa shape index (κ1) is 18.3. The molecule has 3 heteroatoms. The van der Waals surface area contributed by atoms with E-state index in [-0.39, 0.29) is 0 Å². The first-order chi connectivity index (χ1) is 13.4. The van der Waals surface area contributed by atoms with Gasteiger partial charge in [0.15, 0.2) is 0 Å². The van der Waals surface area contributed by atoms with Gasteiger partial charge in [0, 0.05) is 29.4 Å². The highest BCUT2D eigenvalue weighted by atomic mass is 32.2. The molecule has 4 aromatic carbocycles. The van der Waals surface area contributed by atoms with Crippen molar-refractivity contribution in [3.05, 3.63) is 109 Å². The number of rotatable bonds is 6. The molecule has 0 bridgehead atoms. The van der Waals surface area contributed by atoms with E-state index in [1.807, 2.05) is 35.3 Å². The summed E-state index contributed by atoms with van der Waals surface area (Å²) in [6.07, 6.45) is 0. The van der Waals surface area contributed by atoms with Gasteiger partial charge >= 0.3 is 0 Å². The second-order valence-corrected chi connectivity index (χ2v) is 9.14. The first-order valence-corrected chi connectivity index (χ1v) is 11.2. The van der Waals surface area contributed by atoms with Crippen molar-refractivity contribution in [1.82, 2.24) is 0 Å². The number of hydrogen-bond acceptors (Lipinski definition) is 3. The van der Waals surface area contributed by atoms with Crippen molar-refractivity contribution in [1.29, 1.82) is 0 Å². The maximum atomic E-state index is 2.21. The van der Waals surface area contributed by atoms with Crippen molar-refractivity contribution in [2.75, 3.05) is 0 Å². The molecule has 0 aliphatic rings. The summed E-state index contributed by atoms with van der Waals surface area (Å²) in [6, 6.07) is 38.4. The van der Waals surface area contributed by atoms with E-state index in [9.17, 15) is 0 Å². The van der Waals surface area contributed by atoms with Crippen molar-refractivity contribution in [2.24, 2.45) is 0 Å². The molecule has 0 N–H and O–H groups in total. The third-order valence-corrected chi connectivity index (χ3v) is 7.44. The second kappa shape index (κ2) is 9.23. The summed E-state index contributed by atoms with van der Waals surface area (Å²) < 4.78 is 0. The molecule has 0 fully saturated rings. The molecule has 0 radical (unpaired) electrons. The molecule has 4 aromatic rings. The van der Waals surface area contributed by atoms with Crippen molar-refractivity contribution in [3.63, 3.8) is 0 Å². The van der Waals surface area contributed by atoms with Crippen LogP contribution in [-0.4, -0.2) is 0 Å². The minimum absolute atomic E-state index is 1.26. The van der Waals surface area contributed by atoms with Crippen molar-refractivity contribution >= 4 is 35.3 Å². The Balaban J connectivity index is 1.60. The van der Waals surface area contributed by atoms with E-state index < -0.39 is 0 Å². The van der Waals surface area contributed by atoms with Gasteiger partial charge in [0.05, 0.1) is 0 Å². The summed E-state index contributed by atoms with van der Waals surface area (Å²) in [5, 5.41) is 0. The Morgan fingerprint density at radius 2 is 0.593 bits per heavy atom. The molecule has 132 valence electrons. The molecule has 0 aliphatic heterocycles. The quantitative estimate of drug-likeness (QED) is 0.319. The van der Waals surface area contributed by atoms with Gasteiger partial charge in [0.1, 0.15) is 0 Å². The van der Waals surface area contributed by atoms with E-state index in [2.05, 4.69) is 109 Å². The van der Waals surface area contributed by atoms with Gasteiger partial charge in [-0.1, -0.05) is 95.9 Å². The number of benzene rings is 4. The van der Waals surface area contributed by atoms with E-state index in [0.29, 0.717) is 0 Å². The van der Waals surface area contributed by atoms with E-state index in [1.54, 1.807) is 0 Å². The summed E-state index contributed by atoms with van der Waals surface area (Å²) >= 11 is 5.47. The lowest BCUT2D eigenvalue weighted by molar-refractivity contribution is 1.20. The zero-order chi connectivity index (χ0) is 18.3. The third-order valence-electron chi connectivity index (χ3n) is 3.86. The minimum Gasteiger partial charge on any atom is -0.0889 e. The monoisotopic (exact) mass is 402 g/mol. The van der Waals surface area contributed by atoms with Crippen LogP contribution in [0.2, 0.25) is 0 Å². The zero-order valence-electron chi connectivity index (χ0n) is 14.6. The van der Waals surface area contributed by atoms with Gasteiger partial charge in [-0.3, -0.25) is 0 Å². The highest BCUT2D eigenvalue weighted by Gasteiger charge is 2.10. The van der Waals surface area contributed by atoms with Gasteiger partial charge in [-0.15, -0.1) is 0 Å². The fourth-order valence-electron chi connectivity index (χ4n) is 2.59. The fourth-order valence-corrected chi connectivity index (χ4v) is 5.68. The molecular formula is C24H18S3. The van der Waals surface area contributed by atoms with Crippen LogP contribution in [-0.2, 0) is 0 Å². The Morgan fingerprint density at radius 1 is 0.296 bits per heavy atom. The summed E-state index contributed by atoms with van der Waals surface area (Å²) in [5.41, 5.74) is 0. The molecule has 0 spiro atoms. The van der Waals surface area contributed by atoms with Crippen molar-refractivity contribution in [2.45, 2.75) is 29.4 Å². The van der Waals surface area contributed by atoms with Crippen LogP contribution in [0.5, 0.6) is 0 Å². The Bertz CT molecular complexity index is 915. The SMILES string of the molecule is c1ccc(Sc2ccccc2Sc2ccccc2Sc2ccccc2)cc1. The van der Waals surface area contributed by atoms with Crippen molar-refractivity contribution < 1.29 is 0 Å². The smallest absolute Gasteiger partial charge is 0.0262 e. The molecule has 27 heavy (non-hydrogen) atoms.